The average Bonchev–Trinajstić information content (AvgIpc) is 3.14. The topological polar surface area (TPSA) is 33.1 Å². The summed E-state index contributed by atoms with van der Waals surface area (Å²) in [6.45, 7) is 4.46. The largest absolute Gasteiger partial charge is 0.337 e. The summed E-state index contributed by atoms with van der Waals surface area (Å²) in [5.74, 6) is 1.18. The van der Waals surface area contributed by atoms with Gasteiger partial charge in [-0.05, 0) is 49.8 Å². The van der Waals surface area contributed by atoms with E-state index in [4.69, 9.17) is 0 Å². The van der Waals surface area contributed by atoms with Gasteiger partial charge in [0.15, 0.2) is 0 Å². The molecule has 2 fully saturated rings. The van der Waals surface area contributed by atoms with Crippen molar-refractivity contribution in [3.05, 3.63) is 54.1 Å². The lowest BCUT2D eigenvalue weighted by molar-refractivity contribution is 0.192. The van der Waals surface area contributed by atoms with E-state index < -0.39 is 0 Å². The summed E-state index contributed by atoms with van der Waals surface area (Å²) < 4.78 is 2.16. The molecule has 5 heteroatoms. The molecule has 2 heterocycles. The monoisotopic (exact) mass is 360 g/mol. The minimum Gasteiger partial charge on any atom is -0.337 e. The van der Waals surface area contributed by atoms with E-state index in [9.17, 15) is 0 Å². The molecular formula is C20H29ClN4. The maximum Gasteiger partial charge on any atom is 0.122 e. The molecule has 1 aliphatic carbocycles. The molecule has 4 nitrogen and oxygen atoms in total. The zero-order valence-electron chi connectivity index (χ0n) is 15.0. The highest BCUT2D eigenvalue weighted by molar-refractivity contribution is 5.85. The Hall–Kier alpha value is -1.36. The van der Waals surface area contributed by atoms with Gasteiger partial charge in [-0.3, -0.25) is 4.90 Å². The predicted octanol–water partition coefficient (Wildman–Crippen LogP) is 3.03. The van der Waals surface area contributed by atoms with Crippen LogP contribution in [0.4, 0.5) is 0 Å². The van der Waals surface area contributed by atoms with Gasteiger partial charge in [-0.15, -0.1) is 12.4 Å². The maximum atomic E-state index is 4.56. The number of rotatable bonds is 6. The van der Waals surface area contributed by atoms with Crippen molar-refractivity contribution >= 4 is 12.4 Å². The number of aryl methyl sites for hydroxylation is 1. The zero-order valence-corrected chi connectivity index (χ0v) is 15.8. The molecule has 25 heavy (non-hydrogen) atoms. The minimum atomic E-state index is 0. The Balaban J connectivity index is 0.00000182. The second-order valence-corrected chi connectivity index (χ2v) is 7.49. The maximum absolute atomic E-state index is 4.56. The molecule has 2 aliphatic rings. The number of hydrogen-bond donors (Lipinski definition) is 1. The molecule has 1 atom stereocenters. The third-order valence-corrected chi connectivity index (χ3v) is 5.98. The van der Waals surface area contributed by atoms with Crippen molar-refractivity contribution in [1.82, 2.24) is 19.8 Å². The molecule has 0 bridgehead atoms. The van der Waals surface area contributed by atoms with Crippen molar-refractivity contribution in [2.24, 2.45) is 12.5 Å². The van der Waals surface area contributed by atoms with Gasteiger partial charge >= 0.3 is 0 Å². The first-order chi connectivity index (χ1) is 11.8. The highest BCUT2D eigenvalue weighted by Crippen LogP contribution is 2.55. The average molecular weight is 361 g/mol. The van der Waals surface area contributed by atoms with Crippen molar-refractivity contribution in [1.29, 1.82) is 0 Å². The van der Waals surface area contributed by atoms with Crippen molar-refractivity contribution in [3.63, 3.8) is 0 Å². The van der Waals surface area contributed by atoms with E-state index in [-0.39, 0.29) is 12.4 Å². The Morgan fingerprint density at radius 3 is 2.68 bits per heavy atom. The van der Waals surface area contributed by atoms with Gasteiger partial charge in [-0.1, -0.05) is 30.3 Å². The molecule has 2 aromatic rings. The van der Waals surface area contributed by atoms with Gasteiger partial charge in [0.25, 0.3) is 0 Å². The van der Waals surface area contributed by atoms with E-state index in [0.29, 0.717) is 5.41 Å². The quantitative estimate of drug-likeness (QED) is 0.859. The summed E-state index contributed by atoms with van der Waals surface area (Å²) in [4.78, 5) is 7.26. The van der Waals surface area contributed by atoms with Gasteiger partial charge in [0, 0.05) is 32.0 Å². The van der Waals surface area contributed by atoms with Gasteiger partial charge < -0.3 is 9.88 Å². The highest BCUT2D eigenvalue weighted by atomic mass is 35.5. The van der Waals surface area contributed by atoms with Crippen LogP contribution in [0.3, 0.4) is 0 Å². The standard InChI is InChI=1S/C20H28N4.ClH/c1-23-14-12-22-19(23)16-24(13-7-17-5-3-2-4-6-17)18-15-20(18)8-10-21-11-9-20;/h2-6,12,14,18,21H,7-11,13,15-16H2,1H3;1H. The first-order valence-corrected chi connectivity index (χ1v) is 9.22. The fraction of sp³-hybridized carbons (Fsp3) is 0.550. The van der Waals surface area contributed by atoms with Crippen LogP contribution in [0.1, 0.15) is 30.7 Å². The zero-order chi connectivity index (χ0) is 16.4. The molecule has 1 unspecified atom stereocenters. The first kappa shape index (κ1) is 18.4. The number of aromatic nitrogens is 2. The molecule has 1 saturated heterocycles. The molecule has 1 aromatic carbocycles. The molecule has 1 spiro atoms. The number of benzene rings is 1. The van der Waals surface area contributed by atoms with Gasteiger partial charge in [-0.25, -0.2) is 4.98 Å². The van der Waals surface area contributed by atoms with E-state index in [1.165, 1.54) is 43.7 Å². The molecule has 1 aliphatic heterocycles. The molecular weight excluding hydrogens is 332 g/mol. The molecule has 1 aromatic heterocycles. The van der Waals surface area contributed by atoms with Crippen LogP contribution in [0.15, 0.2) is 42.7 Å². The molecule has 0 radical (unpaired) electrons. The first-order valence-electron chi connectivity index (χ1n) is 9.22. The third kappa shape index (κ3) is 4.08. The van der Waals surface area contributed by atoms with E-state index in [0.717, 1.165) is 25.6 Å². The van der Waals surface area contributed by atoms with Crippen molar-refractivity contribution in [3.8, 4) is 0 Å². The number of nitrogens with zero attached hydrogens (tertiary/aromatic N) is 3. The van der Waals surface area contributed by atoms with Crippen LogP contribution in [0.2, 0.25) is 0 Å². The van der Waals surface area contributed by atoms with Crippen LogP contribution in [0.25, 0.3) is 0 Å². The lowest BCUT2D eigenvalue weighted by Crippen LogP contribution is -2.37. The summed E-state index contributed by atoms with van der Waals surface area (Å²) in [6, 6.07) is 11.6. The number of imidazole rings is 1. The van der Waals surface area contributed by atoms with E-state index in [1.54, 1.807) is 0 Å². The smallest absolute Gasteiger partial charge is 0.122 e. The number of nitrogens with one attached hydrogen (secondary N) is 1. The normalized spacial score (nSPS) is 21.3. The van der Waals surface area contributed by atoms with Crippen LogP contribution in [-0.2, 0) is 20.0 Å². The predicted molar refractivity (Wildman–Crippen MR) is 104 cm³/mol. The summed E-state index contributed by atoms with van der Waals surface area (Å²) in [7, 11) is 2.10. The Morgan fingerprint density at radius 1 is 1.24 bits per heavy atom. The number of halogens is 1. The Labute approximate surface area is 157 Å². The van der Waals surface area contributed by atoms with Crippen LogP contribution in [0.5, 0.6) is 0 Å². The molecule has 1 N–H and O–H groups in total. The van der Waals surface area contributed by atoms with Gasteiger partial charge in [0.2, 0.25) is 0 Å². The second-order valence-electron chi connectivity index (χ2n) is 7.49. The fourth-order valence-electron chi connectivity index (χ4n) is 4.30. The van der Waals surface area contributed by atoms with Crippen molar-refractivity contribution < 1.29 is 0 Å². The number of piperidine rings is 1. The SMILES string of the molecule is Cl.Cn1ccnc1CN(CCc1ccccc1)C1CC12CCNCC2. The lowest BCUT2D eigenvalue weighted by Gasteiger charge is -2.29. The van der Waals surface area contributed by atoms with E-state index in [1.807, 2.05) is 6.20 Å². The minimum absolute atomic E-state index is 0. The number of hydrogen-bond acceptors (Lipinski definition) is 3. The second kappa shape index (κ2) is 7.90. The summed E-state index contributed by atoms with van der Waals surface area (Å²) in [5.41, 5.74) is 2.01. The van der Waals surface area contributed by atoms with Crippen molar-refractivity contribution in [2.45, 2.75) is 38.3 Å². The van der Waals surface area contributed by atoms with E-state index >= 15 is 0 Å². The van der Waals surface area contributed by atoms with Gasteiger partial charge in [0.05, 0.1) is 6.54 Å². The summed E-state index contributed by atoms with van der Waals surface area (Å²) >= 11 is 0. The molecule has 1 saturated carbocycles. The van der Waals surface area contributed by atoms with E-state index in [2.05, 4.69) is 63.3 Å². The molecule has 4 rings (SSSR count). The Bertz CT molecular complexity index is 663. The van der Waals surface area contributed by atoms with Crippen LogP contribution >= 0.6 is 12.4 Å². The Morgan fingerprint density at radius 2 is 2.00 bits per heavy atom. The lowest BCUT2D eigenvalue weighted by atomic mass is 9.93. The van der Waals surface area contributed by atoms with Crippen LogP contribution in [-0.4, -0.2) is 40.1 Å². The van der Waals surface area contributed by atoms with Gasteiger partial charge in [-0.2, -0.15) is 0 Å². The third-order valence-electron chi connectivity index (χ3n) is 5.98. The van der Waals surface area contributed by atoms with Gasteiger partial charge in [0.1, 0.15) is 5.82 Å². The summed E-state index contributed by atoms with van der Waals surface area (Å²) in [6.07, 6.45) is 9.12. The van der Waals surface area contributed by atoms with Crippen LogP contribution < -0.4 is 5.32 Å². The molecule has 136 valence electrons. The Kier molecular flexibility index (Phi) is 5.82. The van der Waals surface area contributed by atoms with Crippen LogP contribution in [0, 0.1) is 5.41 Å². The fourth-order valence-corrected chi connectivity index (χ4v) is 4.30. The highest BCUT2D eigenvalue weighted by Gasteiger charge is 2.56. The summed E-state index contributed by atoms with van der Waals surface area (Å²) in [5, 5.41) is 3.52. The van der Waals surface area contributed by atoms with Crippen molar-refractivity contribution in [2.75, 3.05) is 19.6 Å². The molecule has 0 amide bonds.